The third-order valence-electron chi connectivity index (χ3n) is 2.90. The zero-order valence-electron chi connectivity index (χ0n) is 11.3. The number of rotatable bonds is 5. The van der Waals surface area contributed by atoms with Crippen LogP contribution in [0, 0.1) is 6.92 Å². The number of hydrogen-bond donors (Lipinski definition) is 1. The van der Waals surface area contributed by atoms with Crippen molar-refractivity contribution in [1.82, 2.24) is 20.1 Å². The molecule has 96 valence electrons. The van der Waals surface area contributed by atoms with Crippen LogP contribution in [0.1, 0.15) is 29.3 Å². The van der Waals surface area contributed by atoms with Crippen molar-refractivity contribution in [3.63, 3.8) is 0 Å². The first-order valence-corrected chi connectivity index (χ1v) is 6.31. The monoisotopic (exact) mass is 244 g/mol. The molecule has 4 nitrogen and oxygen atoms in total. The van der Waals surface area contributed by atoms with Crippen LogP contribution in [0.4, 0.5) is 0 Å². The van der Waals surface area contributed by atoms with Gasteiger partial charge in [0, 0.05) is 44.3 Å². The van der Waals surface area contributed by atoms with Gasteiger partial charge in [-0.25, -0.2) is 0 Å². The van der Waals surface area contributed by atoms with Crippen molar-refractivity contribution in [2.45, 2.75) is 33.4 Å². The highest BCUT2D eigenvalue weighted by molar-refractivity contribution is 5.18. The summed E-state index contributed by atoms with van der Waals surface area (Å²) in [4.78, 5) is 4.19. The van der Waals surface area contributed by atoms with E-state index < -0.39 is 0 Å². The number of pyridine rings is 1. The van der Waals surface area contributed by atoms with Gasteiger partial charge in [0.05, 0.1) is 5.69 Å². The lowest BCUT2D eigenvalue weighted by atomic mass is 10.2. The number of nitrogens with one attached hydrogen (secondary N) is 1. The first-order valence-electron chi connectivity index (χ1n) is 6.31. The average Bonchev–Trinajstić information content (AvgIpc) is 2.70. The van der Waals surface area contributed by atoms with Crippen molar-refractivity contribution in [3.8, 4) is 0 Å². The Morgan fingerprint density at radius 3 is 2.83 bits per heavy atom. The van der Waals surface area contributed by atoms with E-state index in [-0.39, 0.29) is 0 Å². The average molecular weight is 244 g/mol. The van der Waals surface area contributed by atoms with Gasteiger partial charge < -0.3 is 5.32 Å². The molecule has 18 heavy (non-hydrogen) atoms. The summed E-state index contributed by atoms with van der Waals surface area (Å²) in [6.07, 6.45) is 6.84. The summed E-state index contributed by atoms with van der Waals surface area (Å²) in [5.41, 5.74) is 4.87. The molecule has 4 heteroatoms. The van der Waals surface area contributed by atoms with Crippen LogP contribution in [0.25, 0.3) is 0 Å². The Morgan fingerprint density at radius 2 is 2.11 bits per heavy atom. The minimum atomic E-state index is 0.840. The Balaban J connectivity index is 1.92. The van der Waals surface area contributed by atoms with Crippen LogP contribution in [-0.2, 0) is 26.6 Å². The van der Waals surface area contributed by atoms with Crippen molar-refractivity contribution in [2.24, 2.45) is 7.05 Å². The van der Waals surface area contributed by atoms with Gasteiger partial charge in [0.1, 0.15) is 0 Å². The van der Waals surface area contributed by atoms with E-state index in [4.69, 9.17) is 0 Å². The molecule has 0 aliphatic heterocycles. The zero-order chi connectivity index (χ0) is 13.0. The number of aromatic nitrogens is 3. The number of hydrogen-bond acceptors (Lipinski definition) is 3. The van der Waals surface area contributed by atoms with Crippen LogP contribution in [0.5, 0.6) is 0 Å². The Bertz CT molecular complexity index is 516. The summed E-state index contributed by atoms with van der Waals surface area (Å²) in [5.74, 6) is 0. The number of nitrogens with zero attached hydrogens (tertiary/aromatic N) is 3. The van der Waals surface area contributed by atoms with Crippen molar-refractivity contribution >= 4 is 0 Å². The smallest absolute Gasteiger partial charge is 0.0666 e. The molecule has 0 saturated heterocycles. The second kappa shape index (κ2) is 5.78. The predicted molar refractivity (Wildman–Crippen MR) is 72.1 cm³/mol. The van der Waals surface area contributed by atoms with Gasteiger partial charge in [-0.2, -0.15) is 5.10 Å². The van der Waals surface area contributed by atoms with E-state index in [1.807, 2.05) is 24.1 Å². The van der Waals surface area contributed by atoms with E-state index >= 15 is 0 Å². The van der Waals surface area contributed by atoms with E-state index in [1.165, 1.54) is 22.4 Å². The maximum atomic E-state index is 4.43. The molecule has 0 unspecified atom stereocenters. The molecule has 0 aromatic carbocycles. The fourth-order valence-electron chi connectivity index (χ4n) is 2.08. The maximum Gasteiger partial charge on any atom is 0.0666 e. The zero-order valence-corrected chi connectivity index (χ0v) is 11.3. The van der Waals surface area contributed by atoms with Gasteiger partial charge in [0.2, 0.25) is 0 Å². The Morgan fingerprint density at radius 1 is 1.28 bits per heavy atom. The van der Waals surface area contributed by atoms with Crippen LogP contribution < -0.4 is 5.32 Å². The maximum absolute atomic E-state index is 4.43. The molecule has 2 rings (SSSR count). The molecule has 0 bridgehead atoms. The van der Waals surface area contributed by atoms with E-state index in [1.54, 1.807) is 0 Å². The van der Waals surface area contributed by atoms with Gasteiger partial charge in [0.25, 0.3) is 0 Å². The summed E-state index contributed by atoms with van der Waals surface area (Å²) in [6, 6.07) is 2.16. The van der Waals surface area contributed by atoms with Crippen LogP contribution in [0.3, 0.4) is 0 Å². The predicted octanol–water partition coefficient (Wildman–Crippen LogP) is 1.98. The minimum Gasteiger partial charge on any atom is -0.308 e. The van der Waals surface area contributed by atoms with Crippen molar-refractivity contribution in [2.75, 3.05) is 0 Å². The molecule has 0 fully saturated rings. The fourth-order valence-corrected chi connectivity index (χ4v) is 2.08. The third kappa shape index (κ3) is 3.17. The van der Waals surface area contributed by atoms with Crippen molar-refractivity contribution in [1.29, 1.82) is 0 Å². The molecule has 0 saturated carbocycles. The quantitative estimate of drug-likeness (QED) is 0.874. The first-order chi connectivity index (χ1) is 8.69. The van der Waals surface area contributed by atoms with Gasteiger partial charge in [0.15, 0.2) is 0 Å². The van der Waals surface area contributed by atoms with E-state index in [0.29, 0.717) is 0 Å². The second-order valence-electron chi connectivity index (χ2n) is 4.60. The van der Waals surface area contributed by atoms with Crippen molar-refractivity contribution in [3.05, 3.63) is 47.0 Å². The fraction of sp³-hybridized carbons (Fsp3) is 0.429. The van der Waals surface area contributed by atoms with Gasteiger partial charge in [-0.15, -0.1) is 0 Å². The molecule has 1 N–H and O–H groups in total. The van der Waals surface area contributed by atoms with Crippen LogP contribution in [0.2, 0.25) is 0 Å². The SMILES string of the molecule is CCc1nn(C)cc1CNCc1cncc(C)c1. The lowest BCUT2D eigenvalue weighted by Crippen LogP contribution is -2.13. The third-order valence-corrected chi connectivity index (χ3v) is 2.90. The molecular formula is C14H20N4. The molecule has 0 aliphatic carbocycles. The van der Waals surface area contributed by atoms with Crippen LogP contribution in [0.15, 0.2) is 24.7 Å². The number of aryl methyl sites for hydroxylation is 3. The normalized spacial score (nSPS) is 10.8. The Hall–Kier alpha value is -1.68. The topological polar surface area (TPSA) is 42.7 Å². The molecule has 2 aromatic rings. The highest BCUT2D eigenvalue weighted by Gasteiger charge is 2.05. The highest BCUT2D eigenvalue weighted by Crippen LogP contribution is 2.07. The molecule has 0 radical (unpaired) electrons. The first kappa shape index (κ1) is 12.8. The molecule has 0 atom stereocenters. The van der Waals surface area contributed by atoms with E-state index in [2.05, 4.69) is 41.5 Å². The van der Waals surface area contributed by atoms with Gasteiger partial charge in [-0.3, -0.25) is 9.67 Å². The van der Waals surface area contributed by atoms with Gasteiger partial charge in [-0.05, 0) is 24.5 Å². The summed E-state index contributed by atoms with van der Waals surface area (Å²) in [5, 5.41) is 7.87. The van der Waals surface area contributed by atoms with E-state index in [9.17, 15) is 0 Å². The molecular weight excluding hydrogens is 224 g/mol. The summed E-state index contributed by atoms with van der Waals surface area (Å²) in [7, 11) is 1.97. The largest absolute Gasteiger partial charge is 0.308 e. The van der Waals surface area contributed by atoms with Crippen LogP contribution >= 0.6 is 0 Å². The molecule has 0 amide bonds. The lowest BCUT2D eigenvalue weighted by molar-refractivity contribution is 0.686. The second-order valence-corrected chi connectivity index (χ2v) is 4.60. The van der Waals surface area contributed by atoms with Gasteiger partial charge in [-0.1, -0.05) is 13.0 Å². The van der Waals surface area contributed by atoms with Gasteiger partial charge >= 0.3 is 0 Å². The lowest BCUT2D eigenvalue weighted by Gasteiger charge is -2.05. The minimum absolute atomic E-state index is 0.840. The summed E-state index contributed by atoms with van der Waals surface area (Å²) in [6.45, 7) is 5.89. The molecule has 2 aromatic heterocycles. The summed E-state index contributed by atoms with van der Waals surface area (Å²) >= 11 is 0. The standard InChI is InChI=1S/C14H20N4/c1-4-14-13(10-18(3)17-14)9-16-8-12-5-11(2)6-15-7-12/h5-7,10,16H,4,8-9H2,1-3H3. The Labute approximate surface area is 108 Å². The molecule has 0 spiro atoms. The summed E-state index contributed by atoms with van der Waals surface area (Å²) < 4.78 is 1.88. The highest BCUT2D eigenvalue weighted by atomic mass is 15.3. The molecule has 2 heterocycles. The molecule has 0 aliphatic rings. The van der Waals surface area contributed by atoms with Crippen molar-refractivity contribution < 1.29 is 0 Å². The van der Waals surface area contributed by atoms with Crippen LogP contribution in [-0.4, -0.2) is 14.8 Å². The Kier molecular flexibility index (Phi) is 4.10. The van der Waals surface area contributed by atoms with E-state index in [0.717, 1.165) is 19.5 Å².